The van der Waals surface area contributed by atoms with Crippen LogP contribution < -0.4 is 0 Å². The van der Waals surface area contributed by atoms with Crippen LogP contribution in [0.15, 0.2) is 30.3 Å². The van der Waals surface area contributed by atoms with E-state index < -0.39 is 0 Å². The van der Waals surface area contributed by atoms with Gasteiger partial charge in [0.15, 0.2) is 0 Å². The summed E-state index contributed by atoms with van der Waals surface area (Å²) in [5.74, 6) is -0.179. The van der Waals surface area contributed by atoms with Crippen molar-refractivity contribution in [2.75, 3.05) is 0 Å². The first-order valence-electron chi connectivity index (χ1n) is 4.00. The minimum absolute atomic E-state index is 0.179. The summed E-state index contributed by atoms with van der Waals surface area (Å²) in [6.07, 6.45) is 0. The van der Waals surface area contributed by atoms with E-state index >= 15 is 0 Å². The quantitative estimate of drug-likeness (QED) is 0.645. The van der Waals surface area contributed by atoms with Crippen LogP contribution in [0.5, 0.6) is 0 Å². The predicted octanol–water partition coefficient (Wildman–Crippen LogP) is 3.66. The van der Waals surface area contributed by atoms with Crippen molar-refractivity contribution >= 4 is 11.3 Å². The molecule has 0 N–H and O–H groups in total. The fourth-order valence-electron chi connectivity index (χ4n) is 1.29. The van der Waals surface area contributed by atoms with Crippen molar-refractivity contribution in [3.8, 4) is 10.4 Å². The van der Waals surface area contributed by atoms with Crippen LogP contribution >= 0.6 is 11.3 Å². The summed E-state index contributed by atoms with van der Waals surface area (Å²) in [7, 11) is 0. The van der Waals surface area contributed by atoms with Gasteiger partial charge >= 0.3 is 0 Å². The molecule has 1 radical (unpaired) electrons. The average Bonchev–Trinajstić information content (AvgIpc) is 2.56. The number of benzene rings is 1. The Bertz CT molecular complexity index is 404. The number of aryl methyl sites for hydroxylation is 1. The molecule has 0 fully saturated rings. The van der Waals surface area contributed by atoms with Gasteiger partial charge in [-0.2, -0.15) is 0 Å². The van der Waals surface area contributed by atoms with Crippen LogP contribution in [0.1, 0.15) is 5.56 Å². The van der Waals surface area contributed by atoms with Gasteiger partial charge in [0.25, 0.3) is 0 Å². The number of hydrogen-bond acceptors (Lipinski definition) is 1. The van der Waals surface area contributed by atoms with Crippen molar-refractivity contribution in [2.24, 2.45) is 0 Å². The van der Waals surface area contributed by atoms with Crippen LogP contribution in [0, 0.1) is 18.1 Å². The lowest BCUT2D eigenvalue weighted by atomic mass is 10.1. The molecule has 2 heteroatoms. The predicted molar refractivity (Wildman–Crippen MR) is 53.3 cm³/mol. The molecule has 0 amide bonds. The van der Waals surface area contributed by atoms with Crippen molar-refractivity contribution in [1.29, 1.82) is 0 Å². The highest BCUT2D eigenvalue weighted by Gasteiger charge is 2.02. The molecule has 0 saturated heterocycles. The van der Waals surface area contributed by atoms with Crippen LogP contribution in [-0.2, 0) is 0 Å². The largest absolute Gasteiger partial charge is 0.207 e. The number of thiophene rings is 1. The SMILES string of the molecule is Cc1cc(F)ccc1-c1cc[c]s1. The van der Waals surface area contributed by atoms with Crippen LogP contribution in [0.4, 0.5) is 4.39 Å². The third kappa shape index (κ3) is 1.63. The molecule has 65 valence electrons. The lowest BCUT2D eigenvalue weighted by molar-refractivity contribution is 0.627. The second kappa shape index (κ2) is 3.30. The summed E-state index contributed by atoms with van der Waals surface area (Å²) in [4.78, 5) is 1.14. The molecule has 0 unspecified atom stereocenters. The van der Waals surface area contributed by atoms with Crippen LogP contribution in [0.25, 0.3) is 10.4 Å². The zero-order valence-corrected chi connectivity index (χ0v) is 7.99. The first kappa shape index (κ1) is 8.45. The first-order chi connectivity index (χ1) is 6.27. The Labute approximate surface area is 80.7 Å². The molecule has 1 aromatic heterocycles. The van der Waals surface area contributed by atoms with Gasteiger partial charge in [0, 0.05) is 10.3 Å². The van der Waals surface area contributed by atoms with Gasteiger partial charge in [-0.1, -0.05) is 6.07 Å². The summed E-state index contributed by atoms with van der Waals surface area (Å²) in [6, 6.07) is 8.72. The molecular formula is C11H8FS. The molecule has 0 aliphatic heterocycles. The Morgan fingerprint density at radius 3 is 2.77 bits per heavy atom. The zero-order chi connectivity index (χ0) is 9.26. The second-order valence-electron chi connectivity index (χ2n) is 2.88. The summed E-state index contributed by atoms with van der Waals surface area (Å²) < 4.78 is 12.8. The van der Waals surface area contributed by atoms with Gasteiger partial charge < -0.3 is 0 Å². The van der Waals surface area contributed by atoms with Gasteiger partial charge in [-0.15, -0.1) is 11.3 Å². The van der Waals surface area contributed by atoms with E-state index in [1.54, 1.807) is 17.4 Å². The average molecular weight is 191 g/mol. The molecule has 0 spiro atoms. The molecule has 0 bridgehead atoms. The van der Waals surface area contributed by atoms with E-state index in [-0.39, 0.29) is 5.82 Å². The maximum atomic E-state index is 12.8. The minimum Gasteiger partial charge on any atom is -0.207 e. The lowest BCUT2D eigenvalue weighted by Gasteiger charge is -2.01. The Hall–Kier alpha value is -1.15. The molecule has 0 saturated carbocycles. The van der Waals surface area contributed by atoms with Gasteiger partial charge in [0.1, 0.15) is 5.82 Å². The number of rotatable bonds is 1. The molecule has 0 aliphatic carbocycles. The van der Waals surface area contributed by atoms with Crippen LogP contribution in [-0.4, -0.2) is 0 Å². The van der Waals surface area contributed by atoms with E-state index in [0.29, 0.717) is 0 Å². The highest BCUT2D eigenvalue weighted by molar-refractivity contribution is 7.13. The van der Waals surface area contributed by atoms with Crippen molar-refractivity contribution in [1.82, 2.24) is 0 Å². The molecule has 2 aromatic rings. The lowest BCUT2D eigenvalue weighted by Crippen LogP contribution is -1.81. The third-order valence-electron chi connectivity index (χ3n) is 1.93. The van der Waals surface area contributed by atoms with Crippen LogP contribution in [0.2, 0.25) is 0 Å². The van der Waals surface area contributed by atoms with Gasteiger partial charge in [-0.25, -0.2) is 4.39 Å². The minimum atomic E-state index is -0.179. The van der Waals surface area contributed by atoms with E-state index in [2.05, 4.69) is 5.38 Å². The van der Waals surface area contributed by atoms with E-state index in [1.807, 2.05) is 25.1 Å². The summed E-state index contributed by atoms with van der Waals surface area (Å²) in [5.41, 5.74) is 2.06. The molecule has 0 aliphatic rings. The molecule has 0 nitrogen and oxygen atoms in total. The topological polar surface area (TPSA) is 0 Å². The van der Waals surface area contributed by atoms with Gasteiger partial charge in [0.05, 0.1) is 0 Å². The zero-order valence-electron chi connectivity index (χ0n) is 7.17. The molecule has 2 rings (SSSR count). The molecule has 1 heterocycles. The van der Waals surface area contributed by atoms with Crippen molar-refractivity contribution in [3.63, 3.8) is 0 Å². The van der Waals surface area contributed by atoms with Gasteiger partial charge in [-0.3, -0.25) is 0 Å². The number of halogens is 1. The Morgan fingerprint density at radius 2 is 2.15 bits per heavy atom. The van der Waals surface area contributed by atoms with Crippen molar-refractivity contribution in [2.45, 2.75) is 6.92 Å². The second-order valence-corrected chi connectivity index (χ2v) is 3.76. The smallest absolute Gasteiger partial charge is 0.123 e. The summed E-state index contributed by atoms with van der Waals surface area (Å²) in [5, 5.41) is 3.02. The highest BCUT2D eigenvalue weighted by Crippen LogP contribution is 2.27. The molecular weight excluding hydrogens is 183 g/mol. The summed E-state index contributed by atoms with van der Waals surface area (Å²) in [6.45, 7) is 1.91. The Balaban J connectivity index is 2.53. The Morgan fingerprint density at radius 1 is 1.31 bits per heavy atom. The molecule has 13 heavy (non-hydrogen) atoms. The Kier molecular flexibility index (Phi) is 2.15. The molecule has 1 aromatic carbocycles. The standard InChI is InChI=1S/C11H8FS/c1-8-7-9(12)4-5-10(8)11-3-2-6-13-11/h2-5,7H,1H3. The van der Waals surface area contributed by atoms with E-state index in [0.717, 1.165) is 16.0 Å². The molecule has 0 atom stereocenters. The van der Waals surface area contributed by atoms with Crippen molar-refractivity contribution < 1.29 is 4.39 Å². The number of hydrogen-bond donors (Lipinski definition) is 0. The van der Waals surface area contributed by atoms with E-state index in [9.17, 15) is 4.39 Å². The summed E-state index contributed by atoms with van der Waals surface area (Å²) >= 11 is 1.55. The normalized spacial score (nSPS) is 10.3. The monoisotopic (exact) mass is 191 g/mol. The maximum Gasteiger partial charge on any atom is 0.123 e. The van der Waals surface area contributed by atoms with E-state index in [4.69, 9.17) is 0 Å². The fourth-order valence-corrected chi connectivity index (χ4v) is 2.03. The maximum absolute atomic E-state index is 12.8. The third-order valence-corrected chi connectivity index (χ3v) is 2.76. The van der Waals surface area contributed by atoms with Crippen LogP contribution in [0.3, 0.4) is 0 Å². The van der Waals surface area contributed by atoms with Crippen molar-refractivity contribution in [3.05, 3.63) is 47.1 Å². The first-order valence-corrected chi connectivity index (χ1v) is 4.81. The fraction of sp³-hybridized carbons (Fsp3) is 0.0909. The highest BCUT2D eigenvalue weighted by atomic mass is 32.1. The van der Waals surface area contributed by atoms with E-state index in [1.165, 1.54) is 6.07 Å². The van der Waals surface area contributed by atoms with Gasteiger partial charge in [-0.05, 0) is 42.3 Å². The van der Waals surface area contributed by atoms with Gasteiger partial charge in [0.2, 0.25) is 0 Å².